The summed E-state index contributed by atoms with van der Waals surface area (Å²) in [5.74, 6) is -2.32. The van der Waals surface area contributed by atoms with E-state index in [1.807, 2.05) is 6.92 Å². The molecular weight excluding hydrogens is 302 g/mol. The number of benzene rings is 1. The first-order valence-electron chi connectivity index (χ1n) is 6.32. The summed E-state index contributed by atoms with van der Waals surface area (Å²) in [5.41, 5.74) is -0.309. The van der Waals surface area contributed by atoms with Crippen LogP contribution >= 0.6 is 11.8 Å². The van der Waals surface area contributed by atoms with E-state index in [0.29, 0.717) is 6.42 Å². The van der Waals surface area contributed by atoms with E-state index in [4.69, 9.17) is 5.11 Å². The summed E-state index contributed by atoms with van der Waals surface area (Å²) in [4.78, 5) is 24.6. The van der Waals surface area contributed by atoms with Crippen LogP contribution in [-0.4, -0.2) is 39.2 Å². The van der Waals surface area contributed by atoms with Gasteiger partial charge < -0.3 is 10.4 Å². The fourth-order valence-electron chi connectivity index (χ4n) is 2.11. The first-order valence-corrected chi connectivity index (χ1v) is 7.37. The minimum atomic E-state index is -1.12. The monoisotopic (exact) mass is 316 g/mol. The highest BCUT2D eigenvalue weighted by molar-refractivity contribution is 8.00. The van der Waals surface area contributed by atoms with Gasteiger partial charge in [-0.1, -0.05) is 6.92 Å². The van der Waals surface area contributed by atoms with Crippen LogP contribution in [0.25, 0.3) is 0 Å². The number of halogens is 2. The lowest BCUT2D eigenvalue weighted by molar-refractivity contribution is -0.141. The van der Waals surface area contributed by atoms with Crippen molar-refractivity contribution in [2.45, 2.75) is 24.8 Å². The van der Waals surface area contributed by atoms with E-state index in [2.05, 4.69) is 5.32 Å². The van der Waals surface area contributed by atoms with Crippen LogP contribution in [0, 0.1) is 11.6 Å². The highest BCUT2D eigenvalue weighted by atomic mass is 32.2. The third-order valence-corrected chi connectivity index (χ3v) is 4.58. The number of anilines is 1. The Labute approximate surface area is 124 Å². The molecular formula is C13H14F2N2O3S. The number of hydrogen-bond donors (Lipinski definition) is 2. The molecule has 1 aromatic carbocycles. The Morgan fingerprint density at radius 3 is 2.81 bits per heavy atom. The average molecular weight is 316 g/mol. The number of hydrogen-bond acceptors (Lipinski definition) is 3. The number of urea groups is 1. The van der Waals surface area contributed by atoms with Gasteiger partial charge in [0.05, 0.1) is 11.1 Å². The maximum Gasteiger partial charge on any atom is 0.327 e. The maximum absolute atomic E-state index is 13.5. The molecule has 2 amide bonds. The van der Waals surface area contributed by atoms with E-state index in [-0.39, 0.29) is 16.8 Å². The van der Waals surface area contributed by atoms with E-state index >= 15 is 0 Å². The second kappa shape index (κ2) is 6.30. The third kappa shape index (κ3) is 3.26. The van der Waals surface area contributed by atoms with E-state index < -0.39 is 29.7 Å². The molecule has 1 saturated heterocycles. The van der Waals surface area contributed by atoms with Crippen LogP contribution in [0.5, 0.6) is 0 Å². The number of rotatable bonds is 3. The van der Waals surface area contributed by atoms with Crippen LogP contribution in [0.3, 0.4) is 0 Å². The van der Waals surface area contributed by atoms with Crippen molar-refractivity contribution in [2.24, 2.45) is 0 Å². The normalized spacial score (nSPS) is 21.4. The van der Waals surface area contributed by atoms with E-state index in [1.165, 1.54) is 11.8 Å². The Morgan fingerprint density at radius 1 is 1.48 bits per heavy atom. The zero-order chi connectivity index (χ0) is 15.6. The van der Waals surface area contributed by atoms with Crippen LogP contribution in [0.1, 0.15) is 13.3 Å². The molecule has 1 aliphatic rings. The largest absolute Gasteiger partial charge is 0.480 e. The van der Waals surface area contributed by atoms with Crippen molar-refractivity contribution in [3.63, 3.8) is 0 Å². The summed E-state index contributed by atoms with van der Waals surface area (Å²) in [6.45, 7) is 1.82. The van der Waals surface area contributed by atoms with Crippen LogP contribution in [-0.2, 0) is 4.79 Å². The molecule has 0 aromatic heterocycles. The number of carbonyl (C=O) groups is 2. The predicted octanol–water partition coefficient (Wildman–Crippen LogP) is 2.73. The molecule has 1 fully saturated rings. The fourth-order valence-corrected chi connectivity index (χ4v) is 3.46. The number of carboxylic acids is 1. The number of carboxylic acid groups (broad SMARTS) is 1. The molecule has 2 unspecified atom stereocenters. The lowest BCUT2D eigenvalue weighted by atomic mass is 10.2. The fraction of sp³-hybridized carbons (Fsp3) is 0.385. The Balaban J connectivity index is 2.21. The van der Waals surface area contributed by atoms with Gasteiger partial charge in [0.1, 0.15) is 17.7 Å². The molecule has 1 heterocycles. The molecule has 114 valence electrons. The van der Waals surface area contributed by atoms with E-state index in [0.717, 1.165) is 23.1 Å². The summed E-state index contributed by atoms with van der Waals surface area (Å²) in [6, 6.07) is 0.967. The molecule has 1 aliphatic heterocycles. The topological polar surface area (TPSA) is 69.6 Å². The van der Waals surface area contributed by atoms with Gasteiger partial charge in [-0.25, -0.2) is 18.4 Å². The maximum atomic E-state index is 13.5. The summed E-state index contributed by atoms with van der Waals surface area (Å²) < 4.78 is 26.6. The molecule has 5 nitrogen and oxygen atoms in total. The summed E-state index contributed by atoms with van der Waals surface area (Å²) in [7, 11) is 0. The van der Waals surface area contributed by atoms with Gasteiger partial charge in [0.15, 0.2) is 0 Å². The number of carbonyl (C=O) groups excluding carboxylic acids is 1. The van der Waals surface area contributed by atoms with Gasteiger partial charge in [-0.05, 0) is 18.6 Å². The molecule has 0 radical (unpaired) electrons. The second-order valence-corrected chi connectivity index (χ2v) is 5.72. The molecule has 8 heteroatoms. The molecule has 2 rings (SSSR count). The third-order valence-electron chi connectivity index (χ3n) is 3.13. The van der Waals surface area contributed by atoms with Gasteiger partial charge in [0.25, 0.3) is 0 Å². The van der Waals surface area contributed by atoms with E-state index in [9.17, 15) is 18.4 Å². The molecule has 1 aromatic rings. The van der Waals surface area contributed by atoms with Gasteiger partial charge in [0.2, 0.25) is 0 Å². The first kappa shape index (κ1) is 15.6. The molecule has 2 atom stereocenters. The van der Waals surface area contributed by atoms with Gasteiger partial charge in [-0.2, -0.15) is 0 Å². The van der Waals surface area contributed by atoms with Crippen LogP contribution in [0.4, 0.5) is 19.3 Å². The molecule has 0 aliphatic carbocycles. The SMILES string of the molecule is CCC1SCC(C(=O)O)N1C(=O)Nc1cc(F)ccc1F. The summed E-state index contributed by atoms with van der Waals surface area (Å²) in [5, 5.41) is 11.1. The molecule has 0 spiro atoms. The first-order chi connectivity index (χ1) is 9.93. The average Bonchev–Trinajstić information content (AvgIpc) is 2.87. The van der Waals surface area contributed by atoms with Crippen molar-refractivity contribution in [1.29, 1.82) is 0 Å². The minimum absolute atomic E-state index is 0.271. The number of amides is 2. The van der Waals surface area contributed by atoms with Crippen LogP contribution in [0.2, 0.25) is 0 Å². The Hall–Kier alpha value is -1.83. The standard InChI is InChI=1S/C13H14F2N2O3S/c1-2-11-17(10(6-21-11)12(18)19)13(20)16-9-5-7(14)3-4-8(9)15/h3-5,10-11H,2,6H2,1H3,(H,16,20)(H,18,19). The van der Waals surface area contributed by atoms with Crippen molar-refractivity contribution in [3.8, 4) is 0 Å². The quantitative estimate of drug-likeness (QED) is 0.899. The van der Waals surface area contributed by atoms with Crippen LogP contribution in [0.15, 0.2) is 18.2 Å². The zero-order valence-electron chi connectivity index (χ0n) is 11.2. The Kier molecular flexibility index (Phi) is 4.66. The van der Waals surface area contributed by atoms with E-state index in [1.54, 1.807) is 0 Å². The number of nitrogens with zero attached hydrogens (tertiary/aromatic N) is 1. The van der Waals surface area contributed by atoms with Crippen molar-refractivity contribution in [2.75, 3.05) is 11.1 Å². The zero-order valence-corrected chi connectivity index (χ0v) is 12.0. The lowest BCUT2D eigenvalue weighted by Gasteiger charge is -2.26. The number of nitrogens with one attached hydrogen (secondary N) is 1. The van der Waals surface area contributed by atoms with Crippen LogP contribution < -0.4 is 5.32 Å². The Bertz CT molecular complexity index is 570. The molecule has 2 N–H and O–H groups in total. The van der Waals surface area contributed by atoms with Crippen molar-refractivity contribution in [1.82, 2.24) is 4.90 Å². The smallest absolute Gasteiger partial charge is 0.327 e. The predicted molar refractivity (Wildman–Crippen MR) is 75.2 cm³/mol. The Morgan fingerprint density at radius 2 is 2.19 bits per heavy atom. The summed E-state index contributed by atoms with van der Waals surface area (Å²) >= 11 is 1.35. The van der Waals surface area contributed by atoms with Crippen molar-refractivity contribution in [3.05, 3.63) is 29.8 Å². The minimum Gasteiger partial charge on any atom is -0.480 e. The molecule has 0 bridgehead atoms. The van der Waals surface area contributed by atoms with Gasteiger partial charge in [0, 0.05) is 11.8 Å². The highest BCUT2D eigenvalue weighted by Crippen LogP contribution is 2.32. The molecule has 0 saturated carbocycles. The van der Waals surface area contributed by atoms with Gasteiger partial charge in [-0.15, -0.1) is 11.8 Å². The van der Waals surface area contributed by atoms with Gasteiger partial charge >= 0.3 is 12.0 Å². The lowest BCUT2D eigenvalue weighted by Crippen LogP contribution is -2.47. The second-order valence-electron chi connectivity index (χ2n) is 4.51. The van der Waals surface area contributed by atoms with Crippen molar-refractivity contribution >= 4 is 29.4 Å². The highest BCUT2D eigenvalue weighted by Gasteiger charge is 2.41. The van der Waals surface area contributed by atoms with Gasteiger partial charge in [-0.3, -0.25) is 4.90 Å². The molecule has 21 heavy (non-hydrogen) atoms. The summed E-state index contributed by atoms with van der Waals surface area (Å²) in [6.07, 6.45) is 0.563. The van der Waals surface area contributed by atoms with Crippen molar-refractivity contribution < 1.29 is 23.5 Å². The number of aliphatic carboxylic acids is 1. The number of thioether (sulfide) groups is 1.